The number of aromatic hydroxyl groups is 1. The summed E-state index contributed by atoms with van der Waals surface area (Å²) in [4.78, 5) is 13.3. The van der Waals surface area contributed by atoms with Gasteiger partial charge in [0.05, 0.1) is 38.9 Å². The zero-order valence-electron chi connectivity index (χ0n) is 12.4. The molecular formula is C15H24NO4+. The molecule has 0 aliphatic heterocycles. The summed E-state index contributed by atoms with van der Waals surface area (Å²) in [7, 11) is 1.44. The summed E-state index contributed by atoms with van der Waals surface area (Å²) >= 11 is 0. The molecule has 0 aliphatic rings. The average Bonchev–Trinajstić information content (AvgIpc) is 2.47. The van der Waals surface area contributed by atoms with E-state index in [-0.39, 0.29) is 11.5 Å². The Kier molecular flexibility index (Phi) is 6.87. The van der Waals surface area contributed by atoms with E-state index in [9.17, 15) is 9.90 Å². The zero-order chi connectivity index (χ0) is 15.0. The van der Waals surface area contributed by atoms with Gasteiger partial charge in [0, 0.05) is 6.42 Å². The van der Waals surface area contributed by atoms with Gasteiger partial charge in [-0.15, -0.1) is 0 Å². The molecule has 0 fully saturated rings. The highest BCUT2D eigenvalue weighted by Gasteiger charge is 2.11. The third kappa shape index (κ3) is 4.74. The topological polar surface area (TPSA) is 60.2 Å². The maximum absolute atomic E-state index is 11.8. The van der Waals surface area contributed by atoms with Gasteiger partial charge in [-0.25, -0.2) is 4.79 Å². The van der Waals surface area contributed by atoms with Crippen molar-refractivity contribution in [2.24, 2.45) is 0 Å². The molecule has 1 aromatic carbocycles. The zero-order valence-corrected chi connectivity index (χ0v) is 12.4. The van der Waals surface area contributed by atoms with Crippen LogP contribution < -0.4 is 9.64 Å². The summed E-state index contributed by atoms with van der Waals surface area (Å²) in [6, 6.07) is 4.43. The van der Waals surface area contributed by atoms with Crippen molar-refractivity contribution in [3.63, 3.8) is 0 Å². The van der Waals surface area contributed by atoms with Gasteiger partial charge in [-0.1, -0.05) is 0 Å². The number of benzene rings is 1. The summed E-state index contributed by atoms with van der Waals surface area (Å²) < 4.78 is 10.2. The molecule has 20 heavy (non-hydrogen) atoms. The van der Waals surface area contributed by atoms with E-state index in [0.29, 0.717) is 12.2 Å². The number of quaternary nitrogens is 1. The molecule has 0 aromatic heterocycles. The van der Waals surface area contributed by atoms with E-state index in [4.69, 9.17) is 9.47 Å². The summed E-state index contributed by atoms with van der Waals surface area (Å²) in [5, 5.41) is 9.47. The highest BCUT2D eigenvalue weighted by Crippen LogP contribution is 2.26. The predicted octanol–water partition coefficient (Wildman–Crippen LogP) is 0.872. The summed E-state index contributed by atoms with van der Waals surface area (Å²) in [5.41, 5.74) is 0.384. The minimum Gasteiger partial charge on any atom is -0.504 e. The third-order valence-corrected chi connectivity index (χ3v) is 3.32. The van der Waals surface area contributed by atoms with Crippen molar-refractivity contribution in [2.45, 2.75) is 20.3 Å². The van der Waals surface area contributed by atoms with Gasteiger partial charge in [0.1, 0.15) is 0 Å². The van der Waals surface area contributed by atoms with Crippen molar-refractivity contribution in [2.75, 3.05) is 33.4 Å². The Balaban J connectivity index is 2.43. The Labute approximate surface area is 120 Å². The van der Waals surface area contributed by atoms with E-state index in [0.717, 1.165) is 26.1 Å². The average molecular weight is 282 g/mol. The van der Waals surface area contributed by atoms with Crippen molar-refractivity contribution in [3.05, 3.63) is 23.8 Å². The number of ether oxygens (including phenoxy) is 2. The Morgan fingerprint density at radius 2 is 2.00 bits per heavy atom. The number of carbonyl (C=O) groups excluding carboxylic acids is 1. The predicted molar refractivity (Wildman–Crippen MR) is 76.5 cm³/mol. The van der Waals surface area contributed by atoms with E-state index in [1.54, 1.807) is 0 Å². The Morgan fingerprint density at radius 1 is 1.30 bits per heavy atom. The highest BCUT2D eigenvalue weighted by molar-refractivity contribution is 5.90. The molecular weight excluding hydrogens is 258 g/mol. The molecule has 0 aliphatic carbocycles. The molecule has 1 aromatic rings. The first-order chi connectivity index (χ1) is 9.62. The molecule has 0 saturated heterocycles. The van der Waals surface area contributed by atoms with Gasteiger partial charge < -0.3 is 19.5 Å². The van der Waals surface area contributed by atoms with Crippen LogP contribution in [0.4, 0.5) is 0 Å². The molecule has 0 amide bonds. The molecule has 5 nitrogen and oxygen atoms in total. The smallest absolute Gasteiger partial charge is 0.338 e. The van der Waals surface area contributed by atoms with Gasteiger partial charge in [-0.3, -0.25) is 0 Å². The number of hydrogen-bond acceptors (Lipinski definition) is 4. The lowest BCUT2D eigenvalue weighted by Gasteiger charge is -2.15. The number of rotatable bonds is 8. The number of esters is 1. The molecule has 112 valence electrons. The standard InChI is InChI=1S/C15H23NO4/c1-4-16(5-2)9-6-10-20-15(18)12-7-8-13(17)14(11-12)19-3/h7-8,11,17H,4-6,9-10H2,1-3H3/p+1. The van der Waals surface area contributed by atoms with Gasteiger partial charge in [0.15, 0.2) is 11.5 Å². The summed E-state index contributed by atoms with van der Waals surface area (Å²) in [5.74, 6) is -0.112. The first-order valence-electron chi connectivity index (χ1n) is 7.00. The largest absolute Gasteiger partial charge is 0.504 e. The molecule has 0 spiro atoms. The lowest BCUT2D eigenvalue weighted by Crippen LogP contribution is -3.11. The monoisotopic (exact) mass is 282 g/mol. The van der Waals surface area contributed by atoms with Gasteiger partial charge in [0.25, 0.3) is 0 Å². The van der Waals surface area contributed by atoms with E-state index in [2.05, 4.69) is 13.8 Å². The highest BCUT2D eigenvalue weighted by atomic mass is 16.5. The van der Waals surface area contributed by atoms with E-state index < -0.39 is 5.97 Å². The maximum atomic E-state index is 11.8. The van der Waals surface area contributed by atoms with Crippen LogP contribution in [0.5, 0.6) is 11.5 Å². The lowest BCUT2D eigenvalue weighted by atomic mass is 10.2. The lowest BCUT2D eigenvalue weighted by molar-refractivity contribution is -0.896. The quantitative estimate of drug-likeness (QED) is 0.549. The minimum absolute atomic E-state index is 0.00850. The fraction of sp³-hybridized carbons (Fsp3) is 0.533. The van der Waals surface area contributed by atoms with E-state index >= 15 is 0 Å². The van der Waals surface area contributed by atoms with Crippen LogP contribution in [0.1, 0.15) is 30.6 Å². The SMILES string of the molecule is CC[NH+](CC)CCCOC(=O)c1ccc(O)c(OC)c1. The van der Waals surface area contributed by atoms with Crippen molar-refractivity contribution >= 4 is 5.97 Å². The number of hydrogen-bond donors (Lipinski definition) is 2. The van der Waals surface area contributed by atoms with Crippen LogP contribution >= 0.6 is 0 Å². The molecule has 1 rings (SSSR count). The van der Waals surface area contributed by atoms with E-state index in [1.807, 2.05) is 0 Å². The molecule has 0 bridgehead atoms. The van der Waals surface area contributed by atoms with Crippen molar-refractivity contribution in [1.82, 2.24) is 0 Å². The molecule has 0 radical (unpaired) electrons. The van der Waals surface area contributed by atoms with E-state index in [1.165, 1.54) is 30.2 Å². The van der Waals surface area contributed by atoms with Crippen LogP contribution in [0.15, 0.2) is 18.2 Å². The van der Waals surface area contributed by atoms with Gasteiger partial charge >= 0.3 is 5.97 Å². The fourth-order valence-corrected chi connectivity index (χ4v) is 1.98. The number of phenols is 1. The molecule has 0 atom stereocenters. The van der Waals surface area contributed by atoms with Crippen LogP contribution in [0.25, 0.3) is 0 Å². The number of nitrogens with one attached hydrogen (secondary N) is 1. The first-order valence-corrected chi connectivity index (χ1v) is 7.00. The van der Waals surface area contributed by atoms with Crippen molar-refractivity contribution in [1.29, 1.82) is 0 Å². The normalized spacial score (nSPS) is 10.6. The minimum atomic E-state index is -0.391. The molecule has 0 saturated carbocycles. The van der Waals surface area contributed by atoms with Crippen LogP contribution in [-0.2, 0) is 4.74 Å². The Bertz CT molecular complexity index is 430. The van der Waals surface area contributed by atoms with Crippen LogP contribution in [0.3, 0.4) is 0 Å². The van der Waals surface area contributed by atoms with Gasteiger partial charge in [0.2, 0.25) is 0 Å². The molecule has 5 heteroatoms. The Morgan fingerprint density at radius 3 is 2.60 bits per heavy atom. The number of phenolic OH excluding ortho intramolecular Hbond substituents is 1. The number of carbonyl (C=O) groups is 1. The Hall–Kier alpha value is -1.75. The molecule has 2 N–H and O–H groups in total. The van der Waals surface area contributed by atoms with Gasteiger partial charge in [-0.05, 0) is 32.0 Å². The second kappa shape index (κ2) is 8.43. The molecule has 0 heterocycles. The fourth-order valence-electron chi connectivity index (χ4n) is 1.98. The second-order valence-corrected chi connectivity index (χ2v) is 4.58. The summed E-state index contributed by atoms with van der Waals surface area (Å²) in [6.45, 7) is 7.87. The van der Waals surface area contributed by atoms with Crippen molar-refractivity contribution < 1.29 is 24.3 Å². The van der Waals surface area contributed by atoms with Crippen LogP contribution in [0.2, 0.25) is 0 Å². The first kappa shape index (κ1) is 16.3. The molecule has 0 unspecified atom stereocenters. The second-order valence-electron chi connectivity index (χ2n) is 4.58. The van der Waals surface area contributed by atoms with Crippen LogP contribution in [-0.4, -0.2) is 44.4 Å². The van der Waals surface area contributed by atoms with Crippen molar-refractivity contribution in [3.8, 4) is 11.5 Å². The third-order valence-electron chi connectivity index (χ3n) is 3.32. The van der Waals surface area contributed by atoms with Crippen LogP contribution in [0, 0.1) is 0 Å². The number of methoxy groups -OCH3 is 1. The van der Waals surface area contributed by atoms with Gasteiger partial charge in [-0.2, -0.15) is 0 Å². The summed E-state index contributed by atoms with van der Waals surface area (Å²) in [6.07, 6.45) is 0.845. The maximum Gasteiger partial charge on any atom is 0.338 e.